The van der Waals surface area contributed by atoms with Gasteiger partial charge in [0, 0.05) is 38.0 Å². The van der Waals surface area contributed by atoms with Crippen LogP contribution in [0.2, 0.25) is 0 Å². The summed E-state index contributed by atoms with van der Waals surface area (Å²) in [6.07, 6.45) is 5.05. The lowest BCUT2D eigenvalue weighted by atomic mass is 9.82. The molecule has 41 heavy (non-hydrogen) atoms. The number of aromatic nitrogens is 1. The molecule has 0 spiro atoms. The lowest BCUT2D eigenvalue weighted by Crippen LogP contribution is -2.60. The maximum atomic E-state index is 15.0. The molecule has 1 aromatic heterocycles. The molecule has 0 amide bonds. The van der Waals surface area contributed by atoms with Crippen LogP contribution >= 0.6 is 0 Å². The van der Waals surface area contributed by atoms with E-state index in [0.717, 1.165) is 78.0 Å². The number of hydrogen-bond acceptors (Lipinski definition) is 5. The van der Waals surface area contributed by atoms with Crippen molar-refractivity contribution < 1.29 is 23.8 Å². The Balaban J connectivity index is 1.30. The minimum absolute atomic E-state index is 0.000639. The van der Waals surface area contributed by atoms with Crippen molar-refractivity contribution >= 4 is 5.97 Å². The van der Waals surface area contributed by atoms with Crippen molar-refractivity contribution in [3.8, 4) is 16.9 Å². The molecular weight excluding hydrogens is 519 g/mol. The summed E-state index contributed by atoms with van der Waals surface area (Å²) in [5.41, 5.74) is 6.39. The first-order valence-corrected chi connectivity index (χ1v) is 14.7. The highest BCUT2D eigenvalue weighted by Gasteiger charge is 2.40. The number of benzene rings is 2. The van der Waals surface area contributed by atoms with Crippen LogP contribution in [-0.2, 0) is 22.5 Å². The standard InChI is InChI=1S/C34H39FN2O4/c1-20-13-28(29(35)16-36-20)27-11-9-24(14-26(27)17-37-18-34(3,19-37)40-4)30-12-10-22-5-8-25(15-31(22)41-30)32(23-6-7-23)21(2)33(38)39/h5,8-9,11,13-16,21,23,30,32H,6-7,10,12,17-19H2,1-4H3,(H,38,39)/t21-,30?,32-/m0/s1. The van der Waals surface area contributed by atoms with Crippen molar-refractivity contribution in [2.75, 3.05) is 20.2 Å². The number of hydrogen-bond donors (Lipinski definition) is 1. The second-order valence-electron chi connectivity index (χ2n) is 12.5. The Kier molecular flexibility index (Phi) is 7.37. The smallest absolute Gasteiger partial charge is 0.306 e. The zero-order valence-electron chi connectivity index (χ0n) is 24.3. The van der Waals surface area contributed by atoms with Gasteiger partial charge in [-0.3, -0.25) is 14.7 Å². The fourth-order valence-corrected chi connectivity index (χ4v) is 6.74. The Morgan fingerprint density at radius 3 is 2.66 bits per heavy atom. The molecule has 3 atom stereocenters. The first-order chi connectivity index (χ1) is 19.6. The molecule has 0 bridgehead atoms. The highest BCUT2D eigenvalue weighted by Crippen LogP contribution is 2.48. The average molecular weight is 559 g/mol. The second-order valence-corrected chi connectivity index (χ2v) is 12.5. The molecule has 3 heterocycles. The number of likely N-dealkylation sites (tertiary alicyclic amines) is 1. The summed E-state index contributed by atoms with van der Waals surface area (Å²) < 4.78 is 27.3. The van der Waals surface area contributed by atoms with E-state index in [2.05, 4.69) is 47.1 Å². The number of pyridine rings is 1. The Morgan fingerprint density at radius 1 is 1.17 bits per heavy atom. The van der Waals surface area contributed by atoms with Gasteiger partial charge < -0.3 is 14.6 Å². The molecule has 7 heteroatoms. The fourth-order valence-electron chi connectivity index (χ4n) is 6.74. The van der Waals surface area contributed by atoms with E-state index in [9.17, 15) is 14.3 Å². The molecule has 3 aromatic rings. The number of aryl methyl sites for hydroxylation is 2. The summed E-state index contributed by atoms with van der Waals surface area (Å²) in [4.78, 5) is 18.3. The highest BCUT2D eigenvalue weighted by atomic mass is 19.1. The predicted molar refractivity (Wildman–Crippen MR) is 155 cm³/mol. The van der Waals surface area contributed by atoms with Crippen LogP contribution < -0.4 is 4.74 Å². The van der Waals surface area contributed by atoms with Gasteiger partial charge in [0.2, 0.25) is 0 Å². The second kappa shape index (κ2) is 10.8. The van der Waals surface area contributed by atoms with Crippen molar-refractivity contribution in [3.63, 3.8) is 0 Å². The first kappa shape index (κ1) is 27.9. The van der Waals surface area contributed by atoms with Gasteiger partial charge in [0.05, 0.1) is 17.7 Å². The zero-order chi connectivity index (χ0) is 28.9. The third kappa shape index (κ3) is 5.62. The van der Waals surface area contributed by atoms with Gasteiger partial charge in [-0.2, -0.15) is 0 Å². The van der Waals surface area contributed by atoms with Gasteiger partial charge in [0.25, 0.3) is 0 Å². The van der Waals surface area contributed by atoms with Crippen LogP contribution in [0.1, 0.15) is 73.1 Å². The number of carbonyl (C=O) groups is 1. The largest absolute Gasteiger partial charge is 0.485 e. The highest BCUT2D eigenvalue weighted by molar-refractivity contribution is 5.71. The molecule has 6 nitrogen and oxygen atoms in total. The van der Waals surface area contributed by atoms with E-state index in [0.29, 0.717) is 18.0 Å². The Bertz CT molecular complexity index is 1460. The van der Waals surface area contributed by atoms with Crippen LogP contribution in [0.25, 0.3) is 11.1 Å². The molecule has 1 aliphatic carbocycles. The van der Waals surface area contributed by atoms with Crippen LogP contribution in [0, 0.1) is 24.6 Å². The molecule has 0 radical (unpaired) electrons. The van der Waals surface area contributed by atoms with Gasteiger partial charge >= 0.3 is 5.97 Å². The summed E-state index contributed by atoms with van der Waals surface area (Å²) in [6, 6.07) is 14.4. The Hall–Kier alpha value is -3.29. The Morgan fingerprint density at radius 2 is 1.95 bits per heavy atom. The van der Waals surface area contributed by atoms with E-state index in [1.807, 2.05) is 26.0 Å². The zero-order valence-corrected chi connectivity index (χ0v) is 24.3. The van der Waals surface area contributed by atoms with Gasteiger partial charge in [0.1, 0.15) is 17.7 Å². The summed E-state index contributed by atoms with van der Waals surface area (Å²) in [5.74, 6) is -0.241. The third-order valence-corrected chi connectivity index (χ3v) is 9.27. The van der Waals surface area contributed by atoms with Crippen LogP contribution in [-0.4, -0.2) is 46.8 Å². The van der Waals surface area contributed by atoms with Gasteiger partial charge in [-0.05, 0) is 91.3 Å². The van der Waals surface area contributed by atoms with Gasteiger partial charge in [-0.25, -0.2) is 4.39 Å². The molecule has 1 saturated carbocycles. The van der Waals surface area contributed by atoms with E-state index < -0.39 is 11.9 Å². The van der Waals surface area contributed by atoms with Crippen molar-refractivity contribution in [2.24, 2.45) is 11.8 Å². The van der Waals surface area contributed by atoms with Gasteiger partial charge in [-0.15, -0.1) is 0 Å². The van der Waals surface area contributed by atoms with E-state index in [-0.39, 0.29) is 23.4 Å². The number of carboxylic acid groups (broad SMARTS) is 1. The van der Waals surface area contributed by atoms with E-state index in [1.54, 1.807) is 7.11 Å². The molecule has 1 N–H and O–H groups in total. The molecule has 1 unspecified atom stereocenters. The Labute approximate surface area is 241 Å². The molecule has 216 valence electrons. The van der Waals surface area contributed by atoms with E-state index in [1.165, 1.54) is 6.20 Å². The SMILES string of the molecule is COC1(C)CN(Cc2cc(C3CCc4ccc([C@H](C5CC5)[C@H](C)C(=O)O)cc4O3)ccc2-c2cc(C)ncc2F)C1. The summed E-state index contributed by atoms with van der Waals surface area (Å²) in [5, 5.41) is 9.74. The van der Waals surface area contributed by atoms with Crippen LogP contribution in [0.5, 0.6) is 5.75 Å². The number of ether oxygens (including phenoxy) is 2. The number of halogens is 1. The van der Waals surface area contributed by atoms with Crippen molar-refractivity contribution in [1.82, 2.24) is 9.88 Å². The van der Waals surface area contributed by atoms with Crippen LogP contribution in [0.4, 0.5) is 4.39 Å². The van der Waals surface area contributed by atoms with E-state index >= 15 is 0 Å². The van der Waals surface area contributed by atoms with Gasteiger partial charge in [-0.1, -0.05) is 37.3 Å². The average Bonchev–Trinajstić information content (AvgIpc) is 3.78. The van der Waals surface area contributed by atoms with Crippen LogP contribution in [0.15, 0.2) is 48.7 Å². The van der Waals surface area contributed by atoms with Crippen molar-refractivity contribution in [3.05, 3.63) is 82.4 Å². The first-order valence-electron chi connectivity index (χ1n) is 14.7. The predicted octanol–water partition coefficient (Wildman–Crippen LogP) is 6.70. The number of nitrogens with zero attached hydrogens (tertiary/aromatic N) is 2. The molecule has 3 aliphatic rings. The fraction of sp³-hybridized carbons (Fsp3) is 0.471. The maximum Gasteiger partial charge on any atom is 0.306 e. The monoisotopic (exact) mass is 558 g/mol. The molecule has 2 aromatic carbocycles. The number of methoxy groups -OCH3 is 1. The lowest BCUT2D eigenvalue weighted by Gasteiger charge is -2.47. The number of fused-ring (bicyclic) bond motifs is 1. The van der Waals surface area contributed by atoms with Gasteiger partial charge in [0.15, 0.2) is 0 Å². The van der Waals surface area contributed by atoms with Crippen LogP contribution in [0.3, 0.4) is 0 Å². The summed E-state index contributed by atoms with van der Waals surface area (Å²) in [6.45, 7) is 8.13. The maximum absolute atomic E-state index is 15.0. The number of aliphatic carboxylic acids is 1. The molecule has 1 saturated heterocycles. The minimum Gasteiger partial charge on any atom is -0.485 e. The van der Waals surface area contributed by atoms with Crippen molar-refractivity contribution in [2.45, 2.75) is 70.6 Å². The third-order valence-electron chi connectivity index (χ3n) is 9.27. The molecule has 2 fully saturated rings. The lowest BCUT2D eigenvalue weighted by molar-refractivity contribution is -0.142. The normalized spacial score (nSPS) is 21.3. The summed E-state index contributed by atoms with van der Waals surface area (Å²) in [7, 11) is 1.75. The quantitative estimate of drug-likeness (QED) is 0.315. The topological polar surface area (TPSA) is 71.9 Å². The molecule has 6 rings (SSSR count). The summed E-state index contributed by atoms with van der Waals surface area (Å²) >= 11 is 0. The number of carboxylic acids is 1. The molecular formula is C34H39FN2O4. The minimum atomic E-state index is -0.750. The van der Waals surface area contributed by atoms with Crippen molar-refractivity contribution in [1.29, 1.82) is 0 Å². The van der Waals surface area contributed by atoms with E-state index in [4.69, 9.17) is 9.47 Å². The molecule has 2 aliphatic heterocycles. The number of rotatable bonds is 9.